The highest BCUT2D eigenvalue weighted by atomic mass is 16.5. The lowest BCUT2D eigenvalue weighted by molar-refractivity contribution is 0.105. The Hall–Kier alpha value is -1.75. The van der Waals surface area contributed by atoms with Gasteiger partial charge in [-0.05, 0) is 25.0 Å². The molecule has 1 N–H and O–H groups in total. The van der Waals surface area contributed by atoms with Crippen LogP contribution >= 0.6 is 0 Å². The molecular weight excluding hydrogens is 204 g/mol. The molecule has 2 aromatic heterocycles. The zero-order valence-corrected chi connectivity index (χ0v) is 8.76. The number of nitrogens with one attached hydrogen (secondary N) is 1. The van der Waals surface area contributed by atoms with E-state index in [2.05, 4.69) is 20.2 Å². The van der Waals surface area contributed by atoms with Crippen molar-refractivity contribution in [2.75, 3.05) is 6.61 Å². The molecule has 82 valence electrons. The fraction of sp³-hybridized carbons (Fsp3) is 0.364. The van der Waals surface area contributed by atoms with Gasteiger partial charge in [-0.25, -0.2) is 4.98 Å². The summed E-state index contributed by atoms with van der Waals surface area (Å²) in [5.41, 5.74) is 0.919. The molecule has 2 aromatic rings. The van der Waals surface area contributed by atoms with Crippen molar-refractivity contribution in [2.24, 2.45) is 0 Å². The SMILES string of the molecule is c1cncc(-c2n[nH]c(C3CCCO3)n2)c1. The van der Waals surface area contributed by atoms with Gasteiger partial charge in [0.2, 0.25) is 0 Å². The lowest BCUT2D eigenvalue weighted by Gasteiger charge is -2.02. The molecule has 1 unspecified atom stereocenters. The average molecular weight is 216 g/mol. The summed E-state index contributed by atoms with van der Waals surface area (Å²) in [6, 6.07) is 3.81. The second-order valence-corrected chi connectivity index (χ2v) is 3.79. The van der Waals surface area contributed by atoms with E-state index < -0.39 is 0 Å². The van der Waals surface area contributed by atoms with Crippen LogP contribution in [0.2, 0.25) is 0 Å². The largest absolute Gasteiger partial charge is 0.370 e. The number of hydrogen-bond acceptors (Lipinski definition) is 4. The number of rotatable bonds is 2. The summed E-state index contributed by atoms with van der Waals surface area (Å²) in [6.07, 6.45) is 5.67. The van der Waals surface area contributed by atoms with Crippen molar-refractivity contribution in [3.05, 3.63) is 30.4 Å². The van der Waals surface area contributed by atoms with Gasteiger partial charge < -0.3 is 4.74 Å². The molecule has 5 nitrogen and oxygen atoms in total. The van der Waals surface area contributed by atoms with Gasteiger partial charge in [0.15, 0.2) is 11.6 Å². The van der Waals surface area contributed by atoms with E-state index in [1.165, 1.54) is 0 Å². The molecular formula is C11H12N4O. The first-order valence-electron chi connectivity index (χ1n) is 5.38. The molecule has 5 heteroatoms. The van der Waals surface area contributed by atoms with E-state index in [9.17, 15) is 0 Å². The summed E-state index contributed by atoms with van der Waals surface area (Å²) < 4.78 is 5.54. The van der Waals surface area contributed by atoms with Gasteiger partial charge >= 0.3 is 0 Å². The van der Waals surface area contributed by atoms with Crippen molar-refractivity contribution in [3.63, 3.8) is 0 Å². The minimum Gasteiger partial charge on any atom is -0.370 e. The van der Waals surface area contributed by atoms with Gasteiger partial charge in [0.25, 0.3) is 0 Å². The van der Waals surface area contributed by atoms with Crippen LogP contribution in [-0.2, 0) is 4.74 Å². The predicted molar refractivity (Wildman–Crippen MR) is 57.5 cm³/mol. The molecule has 0 aromatic carbocycles. The van der Waals surface area contributed by atoms with Crippen LogP contribution in [0.4, 0.5) is 0 Å². The van der Waals surface area contributed by atoms with E-state index in [0.29, 0.717) is 5.82 Å². The van der Waals surface area contributed by atoms with E-state index in [1.54, 1.807) is 12.4 Å². The summed E-state index contributed by atoms with van der Waals surface area (Å²) in [5, 5.41) is 7.11. The monoisotopic (exact) mass is 216 g/mol. The maximum Gasteiger partial charge on any atom is 0.182 e. The third kappa shape index (κ3) is 1.69. The lowest BCUT2D eigenvalue weighted by atomic mass is 10.2. The Labute approximate surface area is 92.9 Å². The molecule has 3 heterocycles. The minimum atomic E-state index is 0.0814. The van der Waals surface area contributed by atoms with Gasteiger partial charge in [0.05, 0.1) is 0 Å². The molecule has 3 rings (SSSR count). The van der Waals surface area contributed by atoms with E-state index in [4.69, 9.17) is 4.74 Å². The topological polar surface area (TPSA) is 63.7 Å². The van der Waals surface area contributed by atoms with Crippen LogP contribution in [-0.4, -0.2) is 26.8 Å². The van der Waals surface area contributed by atoms with Crippen LogP contribution < -0.4 is 0 Å². The summed E-state index contributed by atoms with van der Waals surface area (Å²) in [7, 11) is 0. The Morgan fingerprint density at radius 1 is 1.44 bits per heavy atom. The minimum absolute atomic E-state index is 0.0814. The number of pyridine rings is 1. The van der Waals surface area contributed by atoms with Crippen molar-refractivity contribution in [1.29, 1.82) is 0 Å². The number of aromatic nitrogens is 4. The van der Waals surface area contributed by atoms with Crippen molar-refractivity contribution in [1.82, 2.24) is 20.2 Å². The van der Waals surface area contributed by atoms with Gasteiger partial charge in [0.1, 0.15) is 6.10 Å². The molecule has 16 heavy (non-hydrogen) atoms. The van der Waals surface area contributed by atoms with Crippen LogP contribution in [0.3, 0.4) is 0 Å². The molecule has 1 saturated heterocycles. The van der Waals surface area contributed by atoms with Crippen LogP contribution in [0.15, 0.2) is 24.5 Å². The normalized spacial score (nSPS) is 20.1. The number of ether oxygens (including phenoxy) is 1. The van der Waals surface area contributed by atoms with E-state index in [0.717, 1.165) is 30.8 Å². The van der Waals surface area contributed by atoms with Crippen LogP contribution in [0.25, 0.3) is 11.4 Å². The highest BCUT2D eigenvalue weighted by Gasteiger charge is 2.21. The third-order valence-corrected chi connectivity index (χ3v) is 2.66. The van der Waals surface area contributed by atoms with Crippen LogP contribution in [0.1, 0.15) is 24.8 Å². The van der Waals surface area contributed by atoms with E-state index >= 15 is 0 Å². The molecule has 0 aliphatic carbocycles. The third-order valence-electron chi connectivity index (χ3n) is 2.66. The first-order chi connectivity index (χ1) is 7.93. The fourth-order valence-electron chi connectivity index (χ4n) is 1.84. The van der Waals surface area contributed by atoms with Gasteiger partial charge in [0, 0.05) is 24.6 Å². The van der Waals surface area contributed by atoms with Crippen molar-refractivity contribution in [2.45, 2.75) is 18.9 Å². The van der Waals surface area contributed by atoms with Crippen molar-refractivity contribution in [3.8, 4) is 11.4 Å². The maximum absolute atomic E-state index is 5.54. The van der Waals surface area contributed by atoms with Gasteiger partial charge in [-0.2, -0.15) is 5.10 Å². The number of hydrogen-bond donors (Lipinski definition) is 1. The smallest absolute Gasteiger partial charge is 0.182 e. The van der Waals surface area contributed by atoms with E-state index in [-0.39, 0.29) is 6.10 Å². The first-order valence-corrected chi connectivity index (χ1v) is 5.38. The first kappa shape index (κ1) is 9.47. The van der Waals surface area contributed by atoms with Crippen molar-refractivity contribution >= 4 is 0 Å². The van der Waals surface area contributed by atoms with Gasteiger partial charge in [-0.3, -0.25) is 10.1 Å². The average Bonchev–Trinajstić information content (AvgIpc) is 3.01. The Morgan fingerprint density at radius 3 is 3.19 bits per heavy atom. The zero-order valence-electron chi connectivity index (χ0n) is 8.76. The molecule has 0 bridgehead atoms. The molecule has 0 amide bonds. The molecule has 1 aliphatic heterocycles. The second-order valence-electron chi connectivity index (χ2n) is 3.79. The number of nitrogens with zero attached hydrogens (tertiary/aromatic N) is 3. The Kier molecular flexibility index (Phi) is 2.38. The summed E-state index contributed by atoms with van der Waals surface area (Å²) in [5.74, 6) is 1.50. The zero-order chi connectivity index (χ0) is 10.8. The quantitative estimate of drug-likeness (QED) is 0.830. The molecule has 1 aliphatic rings. The van der Waals surface area contributed by atoms with Gasteiger partial charge in [-0.1, -0.05) is 0 Å². The summed E-state index contributed by atoms with van der Waals surface area (Å²) in [6.45, 7) is 0.813. The maximum atomic E-state index is 5.54. The highest BCUT2D eigenvalue weighted by molar-refractivity contribution is 5.52. The number of H-pyrrole nitrogens is 1. The Morgan fingerprint density at radius 2 is 2.44 bits per heavy atom. The molecule has 0 radical (unpaired) electrons. The van der Waals surface area contributed by atoms with Crippen molar-refractivity contribution < 1.29 is 4.74 Å². The Bertz CT molecular complexity index is 462. The van der Waals surface area contributed by atoms with Gasteiger partial charge in [-0.15, -0.1) is 0 Å². The standard InChI is InChI=1S/C11H12N4O/c1-3-8(7-12-5-1)10-13-11(15-14-10)9-4-2-6-16-9/h1,3,5,7,9H,2,4,6H2,(H,13,14,15). The van der Waals surface area contributed by atoms with Crippen LogP contribution in [0.5, 0.6) is 0 Å². The van der Waals surface area contributed by atoms with E-state index in [1.807, 2.05) is 12.1 Å². The summed E-state index contributed by atoms with van der Waals surface area (Å²) >= 11 is 0. The fourth-order valence-corrected chi connectivity index (χ4v) is 1.84. The molecule has 1 fully saturated rings. The molecule has 1 atom stereocenters. The highest BCUT2D eigenvalue weighted by Crippen LogP contribution is 2.26. The molecule has 0 saturated carbocycles. The summed E-state index contributed by atoms with van der Waals surface area (Å²) in [4.78, 5) is 8.47. The van der Waals surface area contributed by atoms with Crippen LogP contribution in [0, 0.1) is 0 Å². The lowest BCUT2D eigenvalue weighted by Crippen LogP contribution is -1.97. The Balaban J connectivity index is 1.87. The number of aromatic amines is 1. The predicted octanol–water partition coefficient (Wildman–Crippen LogP) is 1.72. The second kappa shape index (κ2) is 4.02. The molecule has 0 spiro atoms.